The number of likely N-dealkylation sites (tertiary alicyclic amines) is 1. The van der Waals surface area contributed by atoms with Crippen molar-refractivity contribution in [3.05, 3.63) is 70.5 Å². The highest BCUT2D eigenvalue weighted by molar-refractivity contribution is 6.30. The van der Waals surface area contributed by atoms with Gasteiger partial charge in [0.25, 0.3) is 0 Å². The molecule has 0 spiro atoms. The molecule has 0 N–H and O–H groups in total. The third-order valence-corrected chi connectivity index (χ3v) is 4.84. The third kappa shape index (κ3) is 3.62. The van der Waals surface area contributed by atoms with Gasteiger partial charge in [0.05, 0.1) is 5.02 Å². The molecule has 1 aliphatic rings. The fourth-order valence-electron chi connectivity index (χ4n) is 3.35. The van der Waals surface area contributed by atoms with E-state index in [0.717, 1.165) is 18.7 Å². The molecule has 2 aromatic carbocycles. The molecule has 1 saturated heterocycles. The molecule has 0 aromatic heterocycles. The van der Waals surface area contributed by atoms with Crippen molar-refractivity contribution < 1.29 is 9.18 Å². The minimum Gasteiger partial charge on any atom is -0.300 e. The van der Waals surface area contributed by atoms with Crippen LogP contribution in [0.3, 0.4) is 0 Å². The number of nitrogens with zero attached hydrogens (tertiary/aromatic N) is 1. The summed E-state index contributed by atoms with van der Waals surface area (Å²) in [4.78, 5) is 14.3. The molecule has 1 fully saturated rings. The largest absolute Gasteiger partial charge is 0.300 e. The maximum absolute atomic E-state index is 13.8. The number of ketones is 1. The highest BCUT2D eigenvalue weighted by Crippen LogP contribution is 2.35. The van der Waals surface area contributed by atoms with Crippen molar-refractivity contribution in [2.24, 2.45) is 5.92 Å². The lowest BCUT2D eigenvalue weighted by Gasteiger charge is -2.17. The number of benzene rings is 2. The molecule has 2 unspecified atom stereocenters. The lowest BCUT2D eigenvalue weighted by Crippen LogP contribution is -2.22. The maximum atomic E-state index is 13.8. The number of carbonyl (C=O) groups excluding carboxylic acids is 1. The number of halogens is 2. The van der Waals surface area contributed by atoms with Crippen molar-refractivity contribution in [3.63, 3.8) is 0 Å². The molecule has 0 saturated carbocycles. The predicted molar refractivity (Wildman–Crippen MR) is 90.0 cm³/mol. The Balaban J connectivity index is 1.81. The van der Waals surface area contributed by atoms with E-state index in [-0.39, 0.29) is 22.6 Å². The third-order valence-electron chi connectivity index (χ3n) is 4.54. The van der Waals surface area contributed by atoms with Crippen LogP contribution in [0, 0.1) is 11.7 Å². The van der Waals surface area contributed by atoms with Crippen LogP contribution in [0.4, 0.5) is 4.39 Å². The molecule has 2 aromatic rings. The monoisotopic (exact) mass is 331 g/mol. The molecule has 2 atom stereocenters. The van der Waals surface area contributed by atoms with E-state index in [1.165, 1.54) is 11.6 Å². The minimum atomic E-state index is -0.423. The van der Waals surface area contributed by atoms with Gasteiger partial charge in [-0.15, -0.1) is 0 Å². The summed E-state index contributed by atoms with van der Waals surface area (Å²) in [5.74, 6) is -0.351. The van der Waals surface area contributed by atoms with Gasteiger partial charge in [-0.25, -0.2) is 4.39 Å². The summed E-state index contributed by atoms with van der Waals surface area (Å²) in [6.45, 7) is 3.88. The van der Waals surface area contributed by atoms with Gasteiger partial charge >= 0.3 is 0 Å². The average Bonchev–Trinajstić information content (AvgIpc) is 2.95. The fraction of sp³-hybridized carbons (Fsp3) is 0.316. The standard InChI is InChI=1S/C19H19ClFNO/c1-13(23)16-11-22(10-14-5-3-2-4-6-14)12-17(16)15-7-8-18(20)19(21)9-15/h2-9,16-17H,10-12H2,1H3. The molecule has 23 heavy (non-hydrogen) atoms. The van der Waals surface area contributed by atoms with Crippen molar-refractivity contribution in [2.45, 2.75) is 19.4 Å². The summed E-state index contributed by atoms with van der Waals surface area (Å²) in [6, 6.07) is 15.1. The Kier molecular flexibility index (Phi) is 4.79. The average molecular weight is 332 g/mol. The Labute approximate surface area is 140 Å². The van der Waals surface area contributed by atoms with Gasteiger partial charge in [0, 0.05) is 31.5 Å². The number of carbonyl (C=O) groups is 1. The van der Waals surface area contributed by atoms with Gasteiger partial charge in [0.1, 0.15) is 11.6 Å². The Morgan fingerprint density at radius 3 is 2.61 bits per heavy atom. The van der Waals surface area contributed by atoms with Crippen molar-refractivity contribution in [1.29, 1.82) is 0 Å². The lowest BCUT2D eigenvalue weighted by molar-refractivity contribution is -0.120. The van der Waals surface area contributed by atoms with E-state index in [1.54, 1.807) is 13.0 Å². The van der Waals surface area contributed by atoms with E-state index < -0.39 is 5.82 Å². The van der Waals surface area contributed by atoms with E-state index in [2.05, 4.69) is 17.0 Å². The zero-order valence-corrected chi connectivity index (χ0v) is 13.8. The molecule has 0 amide bonds. The van der Waals surface area contributed by atoms with Gasteiger partial charge in [0.2, 0.25) is 0 Å². The summed E-state index contributed by atoms with van der Waals surface area (Å²) < 4.78 is 13.8. The van der Waals surface area contributed by atoms with Gasteiger partial charge in [0.15, 0.2) is 0 Å². The second kappa shape index (κ2) is 6.81. The number of hydrogen-bond donors (Lipinski definition) is 0. The predicted octanol–water partition coefficient (Wildman–Crippen LogP) is 4.28. The minimum absolute atomic E-state index is 0.0166. The van der Waals surface area contributed by atoms with Crippen molar-refractivity contribution in [3.8, 4) is 0 Å². The second-order valence-electron chi connectivity index (χ2n) is 6.18. The first-order chi connectivity index (χ1) is 11.0. The quantitative estimate of drug-likeness (QED) is 0.833. The maximum Gasteiger partial charge on any atom is 0.142 e. The Bertz CT molecular complexity index is 704. The molecule has 4 heteroatoms. The first-order valence-electron chi connectivity index (χ1n) is 7.76. The SMILES string of the molecule is CC(=O)C1CN(Cc2ccccc2)CC1c1ccc(Cl)c(F)c1. The molecule has 3 rings (SSSR count). The van der Waals surface area contributed by atoms with E-state index in [4.69, 9.17) is 11.6 Å². The number of Topliss-reactive ketones (excluding diaryl/α,β-unsaturated/α-hetero) is 1. The smallest absolute Gasteiger partial charge is 0.142 e. The van der Waals surface area contributed by atoms with Gasteiger partial charge in [-0.05, 0) is 30.2 Å². The van der Waals surface area contributed by atoms with Crippen LogP contribution in [-0.2, 0) is 11.3 Å². The van der Waals surface area contributed by atoms with Crippen LogP contribution in [0.2, 0.25) is 5.02 Å². The first-order valence-corrected chi connectivity index (χ1v) is 8.14. The van der Waals surface area contributed by atoms with Crippen molar-refractivity contribution in [2.75, 3.05) is 13.1 Å². The van der Waals surface area contributed by atoms with Crippen molar-refractivity contribution >= 4 is 17.4 Å². The molecule has 1 aliphatic heterocycles. The van der Waals surface area contributed by atoms with Gasteiger partial charge < -0.3 is 0 Å². The molecule has 0 aliphatic carbocycles. The molecule has 120 valence electrons. The molecule has 0 bridgehead atoms. The van der Waals surface area contributed by atoms with Gasteiger partial charge in [-0.3, -0.25) is 9.69 Å². The van der Waals surface area contributed by atoms with E-state index in [0.29, 0.717) is 6.54 Å². The van der Waals surface area contributed by atoms with Crippen LogP contribution in [-0.4, -0.2) is 23.8 Å². The molecular formula is C19H19ClFNO. The molecular weight excluding hydrogens is 313 g/mol. The van der Waals surface area contributed by atoms with E-state index >= 15 is 0 Å². The van der Waals surface area contributed by atoms with Crippen LogP contribution in [0.15, 0.2) is 48.5 Å². The Hall–Kier alpha value is -1.71. The van der Waals surface area contributed by atoms with Gasteiger partial charge in [-0.2, -0.15) is 0 Å². The van der Waals surface area contributed by atoms with Crippen LogP contribution in [0.1, 0.15) is 24.0 Å². The summed E-state index contributed by atoms with van der Waals surface area (Å²) in [7, 11) is 0. The lowest BCUT2D eigenvalue weighted by atomic mass is 9.86. The van der Waals surface area contributed by atoms with Crippen LogP contribution >= 0.6 is 11.6 Å². The van der Waals surface area contributed by atoms with E-state index in [1.807, 2.05) is 24.3 Å². The highest BCUT2D eigenvalue weighted by Gasteiger charge is 2.36. The van der Waals surface area contributed by atoms with Gasteiger partial charge in [-0.1, -0.05) is 48.0 Å². The normalized spacial score (nSPS) is 21.5. The Morgan fingerprint density at radius 2 is 1.96 bits per heavy atom. The van der Waals surface area contributed by atoms with Crippen LogP contribution < -0.4 is 0 Å². The summed E-state index contributed by atoms with van der Waals surface area (Å²) in [6.07, 6.45) is 0. The van der Waals surface area contributed by atoms with Crippen molar-refractivity contribution in [1.82, 2.24) is 4.90 Å². The zero-order valence-electron chi connectivity index (χ0n) is 13.0. The van der Waals surface area contributed by atoms with E-state index in [9.17, 15) is 9.18 Å². The summed E-state index contributed by atoms with van der Waals surface area (Å²) >= 11 is 5.77. The zero-order chi connectivity index (χ0) is 16.4. The first kappa shape index (κ1) is 16.2. The second-order valence-corrected chi connectivity index (χ2v) is 6.58. The molecule has 0 radical (unpaired) electrons. The summed E-state index contributed by atoms with van der Waals surface area (Å²) in [5, 5.41) is 0.118. The number of hydrogen-bond acceptors (Lipinski definition) is 2. The molecule has 2 nitrogen and oxygen atoms in total. The topological polar surface area (TPSA) is 20.3 Å². The van der Waals surface area contributed by atoms with Crippen LogP contribution in [0.5, 0.6) is 0 Å². The van der Waals surface area contributed by atoms with Crippen LogP contribution in [0.25, 0.3) is 0 Å². The fourth-order valence-corrected chi connectivity index (χ4v) is 3.47. The summed E-state index contributed by atoms with van der Waals surface area (Å²) in [5.41, 5.74) is 2.07. The Morgan fingerprint density at radius 1 is 1.22 bits per heavy atom. The number of rotatable bonds is 4. The molecule has 1 heterocycles. The highest BCUT2D eigenvalue weighted by atomic mass is 35.5.